The second-order valence-corrected chi connectivity index (χ2v) is 11.3. The van der Waals surface area contributed by atoms with Crippen molar-refractivity contribution in [2.45, 2.75) is 113 Å². The first-order valence-corrected chi connectivity index (χ1v) is 16.1. The van der Waals surface area contributed by atoms with Gasteiger partial charge in [0, 0.05) is 16.1 Å². The predicted molar refractivity (Wildman–Crippen MR) is 139 cm³/mol. The molecule has 0 saturated carbocycles. The highest BCUT2D eigenvalue weighted by Crippen LogP contribution is 2.54. The third kappa shape index (κ3) is 36.1. The zero-order chi connectivity index (χ0) is 50.0. The van der Waals surface area contributed by atoms with Gasteiger partial charge in [0.05, 0.1) is 27.8 Å². The lowest BCUT2D eigenvalue weighted by molar-refractivity contribution is -0.393. The molecule has 0 amide bonds. The summed E-state index contributed by atoms with van der Waals surface area (Å²) >= 11 is -6.17. The molecule has 0 saturated heterocycles. The third-order valence-corrected chi connectivity index (χ3v) is 3.92. The predicted octanol–water partition coefficient (Wildman–Crippen LogP) is 15.5. The van der Waals surface area contributed by atoms with Crippen molar-refractivity contribution in [3.05, 3.63) is 0 Å². The highest BCUT2D eigenvalue weighted by Gasteiger charge is 2.80. The fourth-order valence-corrected chi connectivity index (χ4v) is 1.76. The maximum Gasteiger partial charge on any atom is 0.460 e. The van der Waals surface area contributed by atoms with Gasteiger partial charge < -0.3 is 0 Å². The van der Waals surface area contributed by atoms with E-state index in [1.807, 2.05) is 8.93 Å². The number of ketones is 2. The van der Waals surface area contributed by atoms with E-state index in [0.717, 1.165) is 6.92 Å². The van der Waals surface area contributed by atoms with Gasteiger partial charge in [-0.1, -0.05) is 24.5 Å². The minimum absolute atomic E-state index is 0.00660. The topological polar surface area (TPSA) is 34.1 Å². The van der Waals surface area contributed by atoms with Crippen LogP contribution >= 0.6 is 29.1 Å². The molecule has 2 atom stereocenters. The molecular formula is C20H21F33O2P2S. The highest BCUT2D eigenvalue weighted by atomic mass is 32.4. The molecule has 2 nitrogen and oxygen atoms in total. The van der Waals surface area contributed by atoms with Crippen LogP contribution in [0.4, 0.5) is 143 Å². The molecule has 2 unspecified atom stereocenters. The Balaban J connectivity index is -0.000000111. The molecule has 0 rings (SSSR count). The van der Waals surface area contributed by atoms with Crippen LogP contribution in [0, 0.1) is 0 Å². The molecule has 58 heavy (non-hydrogen) atoms. The van der Waals surface area contributed by atoms with Crippen molar-refractivity contribution in [2.75, 3.05) is 0 Å². The van der Waals surface area contributed by atoms with E-state index in [-0.39, 0.29) is 13.8 Å². The van der Waals surface area contributed by atoms with Gasteiger partial charge >= 0.3 is 65.9 Å². The molecule has 0 N–H and O–H groups in total. The zero-order valence-corrected chi connectivity index (χ0v) is 30.4. The summed E-state index contributed by atoms with van der Waals surface area (Å²) in [4.78, 5) is 19.9. The highest BCUT2D eigenvalue weighted by molar-refractivity contribution is 8.16. The van der Waals surface area contributed by atoms with Crippen LogP contribution in [0.25, 0.3) is 0 Å². The van der Waals surface area contributed by atoms with Crippen molar-refractivity contribution >= 4 is 40.6 Å². The van der Waals surface area contributed by atoms with E-state index in [1.54, 1.807) is 0 Å². The number of alkyl halides is 26. The van der Waals surface area contributed by atoms with Crippen LogP contribution in [0.1, 0.15) is 47.0 Å². The Kier molecular flexibility index (Phi) is 30.8. The van der Waals surface area contributed by atoms with Gasteiger partial charge in [0.25, 0.3) is 11.8 Å². The van der Waals surface area contributed by atoms with Crippen LogP contribution in [0.2, 0.25) is 0 Å². The fourth-order valence-electron chi connectivity index (χ4n) is 1.76. The van der Waals surface area contributed by atoms with Gasteiger partial charge in [0.15, 0.2) is 0 Å². The van der Waals surface area contributed by atoms with Crippen LogP contribution in [-0.4, -0.2) is 77.7 Å². The summed E-state index contributed by atoms with van der Waals surface area (Å²) in [6.07, 6.45) is -29.5. The number of carbonyl (C=O) groups is 2. The molecule has 38 heteroatoms. The average molecular weight is 1010 g/mol. The SMILES string of the molecule is CC(=O)CC(=O)C(F)(F)F.CC(F)(F)C(F)(F)C(F)(F)C(F)(F)F.CC(F)(F)CC(F)(F)C(F)(F)F.CC(F)(F)CC(F)(F)C(F)(F)F.FF.FPP.FS(F)(F)F. The van der Waals surface area contributed by atoms with Gasteiger partial charge in [-0.15, -0.1) is 0 Å². The first kappa shape index (κ1) is 70.8. The molecule has 0 fully saturated rings. The van der Waals surface area contributed by atoms with Crippen molar-refractivity contribution in [3.63, 3.8) is 0 Å². The van der Waals surface area contributed by atoms with Gasteiger partial charge in [0.2, 0.25) is 5.78 Å². The maximum absolute atomic E-state index is 12.0. The number of rotatable bonds is 8. The normalized spacial score (nSPS) is 13.9. The summed E-state index contributed by atoms with van der Waals surface area (Å²) in [5, 5.41) is 0. The van der Waals surface area contributed by atoms with Crippen LogP contribution in [-0.2, 0) is 9.59 Å². The number of hydrogen-bond acceptors (Lipinski definition) is 2. The Morgan fingerprint density at radius 2 is 0.707 bits per heavy atom. The maximum atomic E-state index is 12.0. The summed E-state index contributed by atoms with van der Waals surface area (Å²) in [6, 6.07) is 0. The summed E-state index contributed by atoms with van der Waals surface area (Å²) in [5.41, 5.74) is 0. The Bertz CT molecular complexity index is 1050. The van der Waals surface area contributed by atoms with E-state index >= 15 is 0 Å². The Morgan fingerprint density at radius 3 is 0.759 bits per heavy atom. The second kappa shape index (κ2) is 25.2. The molecule has 0 bridgehead atoms. The summed E-state index contributed by atoms with van der Waals surface area (Å²) < 4.78 is 366. The van der Waals surface area contributed by atoms with E-state index in [9.17, 15) is 143 Å². The lowest BCUT2D eigenvalue weighted by atomic mass is 10.1. The average Bonchev–Trinajstić information content (AvgIpc) is 2.84. The lowest BCUT2D eigenvalue weighted by Gasteiger charge is -2.31. The van der Waals surface area contributed by atoms with Crippen LogP contribution in [0.5, 0.6) is 0 Å². The quantitative estimate of drug-likeness (QED) is 0.138. The van der Waals surface area contributed by atoms with Gasteiger partial charge in [0.1, 0.15) is 5.78 Å². The first-order valence-electron chi connectivity index (χ1n) is 12.2. The zero-order valence-electron chi connectivity index (χ0n) is 27.4. The Labute approximate surface area is 307 Å². The van der Waals surface area contributed by atoms with Crippen molar-refractivity contribution in [3.8, 4) is 0 Å². The molecule has 0 heterocycles. The van der Waals surface area contributed by atoms with E-state index in [1.165, 1.54) is 0 Å². The van der Waals surface area contributed by atoms with Crippen LogP contribution in [0.3, 0.4) is 0 Å². The summed E-state index contributed by atoms with van der Waals surface area (Å²) in [6.45, 7) is 0.232. The molecule has 0 aromatic heterocycles. The van der Waals surface area contributed by atoms with Gasteiger partial charge in [-0.25, -0.2) is 21.8 Å². The second-order valence-electron chi connectivity index (χ2n) is 9.69. The Hall–Kier alpha value is -1.76. The van der Waals surface area contributed by atoms with Crippen molar-refractivity contribution in [1.82, 2.24) is 0 Å². The van der Waals surface area contributed by atoms with Crippen LogP contribution < -0.4 is 0 Å². The van der Waals surface area contributed by atoms with Crippen molar-refractivity contribution < 1.29 is 153 Å². The molecule has 0 aliphatic heterocycles. The number of carbonyl (C=O) groups excluding carboxylic acids is 2. The third-order valence-electron chi connectivity index (χ3n) is 3.92. The van der Waals surface area contributed by atoms with Gasteiger partial charge in [-0.2, -0.15) is 96.6 Å². The number of hydrogen-bond donors (Lipinski definition) is 0. The molecule has 360 valence electrons. The Morgan fingerprint density at radius 1 is 0.500 bits per heavy atom. The number of Topliss-reactive ketones (excluding diaryl/α,β-unsaturated/α-hetero) is 2. The van der Waals surface area contributed by atoms with E-state index in [4.69, 9.17) is 9.15 Å². The molecule has 0 aliphatic carbocycles. The van der Waals surface area contributed by atoms with E-state index < -0.39 is 124 Å². The minimum Gasteiger partial charge on any atom is -0.300 e. The van der Waals surface area contributed by atoms with Crippen molar-refractivity contribution in [2.24, 2.45) is 0 Å². The monoisotopic (exact) mass is 1010 g/mol. The van der Waals surface area contributed by atoms with E-state index in [0.29, 0.717) is 0 Å². The van der Waals surface area contributed by atoms with Crippen LogP contribution in [0.15, 0.2) is 0 Å². The number of halogens is 33. The lowest BCUT2D eigenvalue weighted by Crippen LogP contribution is -2.59. The molecule has 0 spiro atoms. The molecular weight excluding hydrogens is 993 g/mol. The molecule has 0 aliphatic rings. The summed E-state index contributed by atoms with van der Waals surface area (Å²) in [7, 11) is 1.44. The smallest absolute Gasteiger partial charge is 0.300 e. The fraction of sp³-hybridized carbons (Fsp3) is 0.900. The van der Waals surface area contributed by atoms with E-state index in [2.05, 4.69) is 0 Å². The first-order chi connectivity index (χ1) is 24.4. The standard InChI is InChI=1S/C5H3F9.2C5H5F7.C5H5F3O2.F4S.F2.FH3P2/c1-2(6,7)3(8,9)4(10,11)5(12,13)14;2*1-3(6,7)2-4(8,9)5(10,11)12;1-3(9)2-4(10)5(6,7)8;1-5(2,3)4;1-2;1-3-2/h1H3;2*2H2,1H3;2H2,1H3;;;3H,2H2. The summed E-state index contributed by atoms with van der Waals surface area (Å²) in [5.74, 6) is -40.2. The van der Waals surface area contributed by atoms with Gasteiger partial charge in [-0.3, -0.25) is 9.59 Å². The molecule has 0 aromatic rings. The van der Waals surface area contributed by atoms with Gasteiger partial charge in [-0.05, 0) is 20.8 Å². The largest absolute Gasteiger partial charge is 0.460 e. The molecule has 0 aromatic carbocycles. The molecule has 0 radical (unpaired) electrons. The minimum atomic E-state index is -6.77. The van der Waals surface area contributed by atoms with Crippen molar-refractivity contribution in [1.29, 1.82) is 0 Å².